The molecule has 1 saturated heterocycles. The first-order valence-electron chi connectivity index (χ1n) is 12.7. The molecular weight excluding hydrogens is 489 g/mol. The molecule has 5 rings (SSSR count). The van der Waals surface area contributed by atoms with Gasteiger partial charge in [0.25, 0.3) is 0 Å². The van der Waals surface area contributed by atoms with E-state index < -0.39 is 0 Å². The molecule has 0 unspecified atom stereocenters. The van der Waals surface area contributed by atoms with E-state index in [1.54, 1.807) is 30.6 Å². The Hall–Kier alpha value is -3.23. The standard InChI is InChI=1S/C29H32FN3O3S/c1-20-18-31(14-15-33(20)27(34)17-21-3-7-23(30)8-4-21)28(35)19-32-13-11-26-25(12-16-37-26)29(32)22-5-9-24(36-2)10-6-22/h3-10,12,16,20,29H,11,13-15,17-19H2,1-2H3/t20-,29+/m0/s1. The van der Waals surface area contributed by atoms with Gasteiger partial charge >= 0.3 is 0 Å². The Balaban J connectivity index is 1.24. The normalized spacial score (nSPS) is 20.0. The van der Waals surface area contributed by atoms with E-state index >= 15 is 0 Å². The number of halogens is 1. The Kier molecular flexibility index (Phi) is 7.58. The third kappa shape index (κ3) is 5.55. The quantitative estimate of drug-likeness (QED) is 0.489. The lowest BCUT2D eigenvalue weighted by molar-refractivity contribution is -0.143. The number of nitrogens with zero attached hydrogens (tertiary/aromatic N) is 3. The van der Waals surface area contributed by atoms with Crippen molar-refractivity contribution in [2.24, 2.45) is 0 Å². The van der Waals surface area contributed by atoms with Crippen molar-refractivity contribution in [3.63, 3.8) is 0 Å². The molecule has 1 aromatic heterocycles. The summed E-state index contributed by atoms with van der Waals surface area (Å²) < 4.78 is 18.5. The maximum Gasteiger partial charge on any atom is 0.236 e. The minimum absolute atomic E-state index is 0.00629. The minimum Gasteiger partial charge on any atom is -0.497 e. The number of carbonyl (C=O) groups is 2. The van der Waals surface area contributed by atoms with E-state index in [4.69, 9.17) is 4.74 Å². The van der Waals surface area contributed by atoms with Gasteiger partial charge in [0.2, 0.25) is 11.8 Å². The summed E-state index contributed by atoms with van der Waals surface area (Å²) in [6, 6.07) is 16.3. The molecule has 2 aromatic carbocycles. The van der Waals surface area contributed by atoms with Gasteiger partial charge in [-0.2, -0.15) is 0 Å². The van der Waals surface area contributed by atoms with Gasteiger partial charge in [-0.3, -0.25) is 14.5 Å². The summed E-state index contributed by atoms with van der Waals surface area (Å²) >= 11 is 1.78. The SMILES string of the molecule is COc1ccc([C@@H]2c3ccsc3CCN2CC(=O)N2CCN(C(=O)Cc3ccc(F)cc3)[C@@H](C)C2)cc1. The fraction of sp³-hybridized carbons (Fsp3) is 0.379. The van der Waals surface area contributed by atoms with E-state index in [9.17, 15) is 14.0 Å². The summed E-state index contributed by atoms with van der Waals surface area (Å²) in [5.74, 6) is 0.602. The summed E-state index contributed by atoms with van der Waals surface area (Å²) in [6.45, 7) is 4.68. The summed E-state index contributed by atoms with van der Waals surface area (Å²) in [6.07, 6.45) is 1.17. The number of thiophene rings is 1. The number of piperazine rings is 1. The zero-order valence-electron chi connectivity index (χ0n) is 21.2. The van der Waals surface area contributed by atoms with Crippen molar-refractivity contribution < 1.29 is 18.7 Å². The molecule has 6 nitrogen and oxygen atoms in total. The van der Waals surface area contributed by atoms with Crippen molar-refractivity contribution in [3.8, 4) is 5.75 Å². The lowest BCUT2D eigenvalue weighted by atomic mass is 9.93. The summed E-state index contributed by atoms with van der Waals surface area (Å²) in [5.41, 5.74) is 3.22. The van der Waals surface area contributed by atoms with E-state index in [1.807, 2.05) is 28.9 Å². The third-order valence-corrected chi connectivity index (χ3v) is 8.40. The van der Waals surface area contributed by atoms with Gasteiger partial charge in [0.15, 0.2) is 0 Å². The molecule has 0 N–H and O–H groups in total. The highest BCUT2D eigenvalue weighted by Crippen LogP contribution is 2.38. The van der Waals surface area contributed by atoms with Crippen LogP contribution in [0.4, 0.5) is 4.39 Å². The van der Waals surface area contributed by atoms with Gasteiger partial charge in [-0.15, -0.1) is 11.3 Å². The molecule has 3 heterocycles. The van der Waals surface area contributed by atoms with Gasteiger partial charge < -0.3 is 14.5 Å². The number of rotatable bonds is 6. The molecule has 2 amide bonds. The van der Waals surface area contributed by atoms with Crippen molar-refractivity contribution in [1.29, 1.82) is 0 Å². The Morgan fingerprint density at radius 2 is 1.76 bits per heavy atom. The topological polar surface area (TPSA) is 53.1 Å². The van der Waals surface area contributed by atoms with Crippen molar-refractivity contribution in [3.05, 3.63) is 87.4 Å². The van der Waals surface area contributed by atoms with Crippen molar-refractivity contribution in [2.75, 3.05) is 39.8 Å². The molecule has 0 bridgehead atoms. The predicted octanol–water partition coefficient (Wildman–Crippen LogP) is 4.15. The first-order chi connectivity index (χ1) is 17.9. The Morgan fingerprint density at radius 3 is 2.46 bits per heavy atom. The van der Waals surface area contributed by atoms with E-state index in [0.717, 1.165) is 29.8 Å². The Bertz CT molecular complexity index is 1240. The fourth-order valence-electron chi connectivity index (χ4n) is 5.42. The van der Waals surface area contributed by atoms with Crippen LogP contribution in [-0.4, -0.2) is 72.4 Å². The second kappa shape index (κ2) is 11.0. The summed E-state index contributed by atoms with van der Waals surface area (Å²) in [7, 11) is 1.66. The first-order valence-corrected chi connectivity index (χ1v) is 13.6. The molecule has 37 heavy (non-hydrogen) atoms. The second-order valence-corrected chi connectivity index (χ2v) is 10.8. The van der Waals surface area contributed by atoms with Crippen LogP contribution in [0.15, 0.2) is 60.0 Å². The van der Waals surface area contributed by atoms with E-state index in [1.165, 1.54) is 22.6 Å². The van der Waals surface area contributed by atoms with Crippen LogP contribution in [0.25, 0.3) is 0 Å². The number of methoxy groups -OCH3 is 1. The number of amides is 2. The molecule has 0 saturated carbocycles. The lowest BCUT2D eigenvalue weighted by Crippen LogP contribution is -2.57. The number of carbonyl (C=O) groups excluding carboxylic acids is 2. The second-order valence-electron chi connectivity index (χ2n) is 9.77. The molecular formula is C29H32FN3O3S. The molecule has 0 spiro atoms. The molecule has 2 atom stereocenters. The number of ether oxygens (including phenoxy) is 1. The van der Waals surface area contributed by atoms with Crippen LogP contribution in [-0.2, 0) is 22.4 Å². The van der Waals surface area contributed by atoms with Crippen molar-refractivity contribution in [1.82, 2.24) is 14.7 Å². The molecule has 0 aliphatic carbocycles. The van der Waals surface area contributed by atoms with Gasteiger partial charge in [-0.05, 0) is 65.7 Å². The van der Waals surface area contributed by atoms with Crippen molar-refractivity contribution >= 4 is 23.2 Å². The van der Waals surface area contributed by atoms with Crippen LogP contribution in [0.3, 0.4) is 0 Å². The number of benzene rings is 2. The minimum atomic E-state index is -0.310. The van der Waals surface area contributed by atoms with E-state index in [-0.39, 0.29) is 36.1 Å². The van der Waals surface area contributed by atoms with Gasteiger partial charge in [0.05, 0.1) is 26.1 Å². The number of fused-ring (bicyclic) bond motifs is 1. The molecule has 194 valence electrons. The zero-order valence-corrected chi connectivity index (χ0v) is 22.0. The van der Waals surface area contributed by atoms with Crippen LogP contribution in [0.1, 0.15) is 34.5 Å². The zero-order chi connectivity index (χ0) is 25.9. The van der Waals surface area contributed by atoms with Crippen molar-refractivity contribution in [2.45, 2.75) is 31.8 Å². The lowest BCUT2D eigenvalue weighted by Gasteiger charge is -2.42. The van der Waals surface area contributed by atoms with Crippen LogP contribution >= 0.6 is 11.3 Å². The number of hydrogen-bond acceptors (Lipinski definition) is 5. The van der Waals surface area contributed by atoms with E-state index in [0.29, 0.717) is 26.2 Å². The third-order valence-electron chi connectivity index (χ3n) is 7.40. The fourth-order valence-corrected chi connectivity index (χ4v) is 6.33. The molecule has 3 aromatic rings. The monoisotopic (exact) mass is 521 g/mol. The summed E-state index contributed by atoms with van der Waals surface area (Å²) in [4.78, 5) is 33.8. The average Bonchev–Trinajstić information content (AvgIpc) is 3.39. The largest absolute Gasteiger partial charge is 0.497 e. The van der Waals surface area contributed by atoms with Gasteiger partial charge in [-0.25, -0.2) is 4.39 Å². The maximum absolute atomic E-state index is 13.5. The smallest absolute Gasteiger partial charge is 0.236 e. The number of hydrogen-bond donors (Lipinski definition) is 0. The van der Waals surface area contributed by atoms with E-state index in [2.05, 4.69) is 28.5 Å². The average molecular weight is 522 g/mol. The molecule has 8 heteroatoms. The maximum atomic E-state index is 13.5. The summed E-state index contributed by atoms with van der Waals surface area (Å²) in [5, 5.41) is 2.14. The highest BCUT2D eigenvalue weighted by molar-refractivity contribution is 7.10. The molecule has 2 aliphatic heterocycles. The first kappa shape index (κ1) is 25.4. The van der Waals surface area contributed by atoms with Crippen LogP contribution in [0, 0.1) is 5.82 Å². The van der Waals surface area contributed by atoms with Crippen LogP contribution in [0.5, 0.6) is 5.75 Å². The van der Waals surface area contributed by atoms with Crippen LogP contribution < -0.4 is 4.74 Å². The van der Waals surface area contributed by atoms with Gasteiger partial charge in [0, 0.05) is 37.1 Å². The highest BCUT2D eigenvalue weighted by atomic mass is 32.1. The Labute approximate surface area is 221 Å². The van der Waals surface area contributed by atoms with Gasteiger partial charge in [0.1, 0.15) is 11.6 Å². The predicted molar refractivity (Wildman–Crippen MR) is 142 cm³/mol. The molecule has 2 aliphatic rings. The van der Waals surface area contributed by atoms with Gasteiger partial charge in [-0.1, -0.05) is 24.3 Å². The highest BCUT2D eigenvalue weighted by Gasteiger charge is 2.34. The van der Waals surface area contributed by atoms with Crippen LogP contribution in [0.2, 0.25) is 0 Å². The molecule has 1 fully saturated rings. The Morgan fingerprint density at radius 1 is 1.00 bits per heavy atom. The molecule has 0 radical (unpaired) electrons.